The maximum absolute atomic E-state index is 11.9. The average Bonchev–Trinajstić information content (AvgIpc) is 2.26. The summed E-state index contributed by atoms with van der Waals surface area (Å²) in [6, 6.07) is 8.84. The van der Waals surface area contributed by atoms with Gasteiger partial charge in [-0.2, -0.15) is 0 Å². The minimum absolute atomic E-state index is 0.103. The van der Waals surface area contributed by atoms with E-state index in [9.17, 15) is 9.59 Å². The van der Waals surface area contributed by atoms with Crippen LogP contribution in [0.4, 0.5) is 0 Å². The Labute approximate surface area is 98.9 Å². The predicted octanol–water partition coefficient (Wildman–Crippen LogP) is 0.0608. The van der Waals surface area contributed by atoms with Crippen molar-refractivity contribution in [2.75, 3.05) is 13.2 Å². The molecule has 3 N–H and O–H groups in total. The standard InChI is InChI=1S/C12H14N2O3/c13-10(15)6-12(7-17-8-12)14-11(16)9-4-2-1-3-5-9/h1-5H,6-8H2,(H2,13,15)(H,14,16). The van der Waals surface area contributed by atoms with Crippen LogP contribution in [0.3, 0.4) is 0 Å². The molecule has 1 saturated heterocycles. The van der Waals surface area contributed by atoms with Gasteiger partial charge in [-0.15, -0.1) is 0 Å². The fourth-order valence-corrected chi connectivity index (χ4v) is 1.80. The van der Waals surface area contributed by atoms with Crippen molar-refractivity contribution in [1.29, 1.82) is 0 Å². The van der Waals surface area contributed by atoms with Gasteiger partial charge >= 0.3 is 0 Å². The Bertz CT molecular complexity index is 427. The summed E-state index contributed by atoms with van der Waals surface area (Å²) in [5.74, 6) is -0.656. The van der Waals surface area contributed by atoms with Gasteiger partial charge in [0, 0.05) is 5.56 Å². The van der Waals surface area contributed by atoms with Crippen molar-refractivity contribution < 1.29 is 14.3 Å². The fraction of sp³-hybridized carbons (Fsp3) is 0.333. The molecule has 0 spiro atoms. The van der Waals surface area contributed by atoms with Gasteiger partial charge in [0.1, 0.15) is 0 Å². The molecule has 0 aliphatic carbocycles. The zero-order valence-electron chi connectivity index (χ0n) is 9.31. The van der Waals surface area contributed by atoms with Crippen molar-refractivity contribution in [2.24, 2.45) is 5.73 Å². The molecule has 90 valence electrons. The molecule has 2 rings (SSSR count). The number of hydrogen-bond donors (Lipinski definition) is 2. The summed E-state index contributed by atoms with van der Waals surface area (Å²) in [6.45, 7) is 0.656. The Morgan fingerprint density at radius 3 is 2.41 bits per heavy atom. The number of carbonyl (C=O) groups excluding carboxylic acids is 2. The number of rotatable bonds is 4. The van der Waals surface area contributed by atoms with Crippen molar-refractivity contribution in [3.8, 4) is 0 Å². The summed E-state index contributed by atoms with van der Waals surface area (Å²) < 4.78 is 5.05. The van der Waals surface area contributed by atoms with Gasteiger partial charge in [-0.1, -0.05) is 18.2 Å². The number of primary amides is 1. The predicted molar refractivity (Wildman–Crippen MR) is 61.3 cm³/mol. The topological polar surface area (TPSA) is 81.4 Å². The Hall–Kier alpha value is -1.88. The van der Waals surface area contributed by atoms with Crippen LogP contribution in [0.25, 0.3) is 0 Å². The van der Waals surface area contributed by atoms with Crippen LogP contribution in [-0.2, 0) is 9.53 Å². The first-order valence-corrected chi connectivity index (χ1v) is 5.35. The largest absolute Gasteiger partial charge is 0.376 e. The van der Waals surface area contributed by atoms with E-state index in [0.717, 1.165) is 0 Å². The lowest BCUT2D eigenvalue weighted by Crippen LogP contribution is -2.63. The first kappa shape index (κ1) is 11.6. The van der Waals surface area contributed by atoms with Crippen LogP contribution in [0.5, 0.6) is 0 Å². The molecule has 1 aromatic rings. The van der Waals surface area contributed by atoms with E-state index < -0.39 is 11.4 Å². The summed E-state index contributed by atoms with van der Waals surface area (Å²) in [7, 11) is 0. The monoisotopic (exact) mass is 234 g/mol. The molecule has 0 bridgehead atoms. The van der Waals surface area contributed by atoms with Crippen LogP contribution in [0.2, 0.25) is 0 Å². The maximum atomic E-state index is 11.9. The molecule has 0 unspecified atom stereocenters. The fourth-order valence-electron chi connectivity index (χ4n) is 1.80. The average molecular weight is 234 g/mol. The zero-order valence-corrected chi connectivity index (χ0v) is 9.31. The minimum Gasteiger partial charge on any atom is -0.376 e. The van der Waals surface area contributed by atoms with E-state index in [1.165, 1.54) is 0 Å². The Balaban J connectivity index is 2.05. The van der Waals surface area contributed by atoms with E-state index in [1.54, 1.807) is 24.3 Å². The van der Waals surface area contributed by atoms with Crippen molar-refractivity contribution in [2.45, 2.75) is 12.0 Å². The van der Waals surface area contributed by atoms with Gasteiger partial charge in [0.05, 0.1) is 25.2 Å². The summed E-state index contributed by atoms with van der Waals surface area (Å²) in [5.41, 5.74) is 5.09. The Kier molecular flexibility index (Phi) is 3.10. The first-order chi connectivity index (χ1) is 8.11. The molecule has 1 aliphatic heterocycles. The van der Waals surface area contributed by atoms with E-state index in [-0.39, 0.29) is 12.3 Å². The number of nitrogens with two attached hydrogens (primary N) is 1. The summed E-state index contributed by atoms with van der Waals surface area (Å²) >= 11 is 0. The SMILES string of the molecule is NC(=O)CC1(NC(=O)c2ccccc2)COC1. The second kappa shape index (κ2) is 4.55. The van der Waals surface area contributed by atoms with Gasteiger partial charge in [-0.25, -0.2) is 0 Å². The molecule has 17 heavy (non-hydrogen) atoms. The lowest BCUT2D eigenvalue weighted by Gasteiger charge is -2.41. The zero-order chi connectivity index (χ0) is 12.3. The highest BCUT2D eigenvalue weighted by Gasteiger charge is 2.41. The third kappa shape index (κ3) is 2.62. The highest BCUT2D eigenvalue weighted by Crippen LogP contribution is 2.21. The van der Waals surface area contributed by atoms with Crippen LogP contribution < -0.4 is 11.1 Å². The number of ether oxygens (including phenoxy) is 1. The van der Waals surface area contributed by atoms with Gasteiger partial charge in [0.15, 0.2) is 0 Å². The first-order valence-electron chi connectivity index (χ1n) is 5.35. The van der Waals surface area contributed by atoms with Crippen LogP contribution in [0.15, 0.2) is 30.3 Å². The van der Waals surface area contributed by atoms with E-state index in [4.69, 9.17) is 10.5 Å². The number of nitrogens with one attached hydrogen (secondary N) is 1. The van der Waals surface area contributed by atoms with Crippen LogP contribution in [0, 0.1) is 0 Å². The normalized spacial score (nSPS) is 16.9. The highest BCUT2D eigenvalue weighted by atomic mass is 16.5. The van der Waals surface area contributed by atoms with Crippen molar-refractivity contribution >= 4 is 11.8 Å². The number of carbonyl (C=O) groups is 2. The quantitative estimate of drug-likeness (QED) is 0.773. The van der Waals surface area contributed by atoms with Crippen LogP contribution in [-0.4, -0.2) is 30.6 Å². The molecule has 1 fully saturated rings. The third-order valence-electron chi connectivity index (χ3n) is 2.68. The van der Waals surface area contributed by atoms with Crippen molar-refractivity contribution in [3.63, 3.8) is 0 Å². The molecule has 0 radical (unpaired) electrons. The van der Waals surface area contributed by atoms with Gasteiger partial charge in [-0.05, 0) is 12.1 Å². The Morgan fingerprint density at radius 2 is 1.94 bits per heavy atom. The van der Waals surface area contributed by atoms with Gasteiger partial charge < -0.3 is 15.8 Å². The summed E-state index contributed by atoms with van der Waals surface area (Å²) in [4.78, 5) is 22.9. The van der Waals surface area contributed by atoms with E-state index in [2.05, 4.69) is 5.32 Å². The lowest BCUT2D eigenvalue weighted by atomic mass is 9.92. The van der Waals surface area contributed by atoms with Crippen LogP contribution >= 0.6 is 0 Å². The molecule has 2 amide bonds. The van der Waals surface area contributed by atoms with E-state index >= 15 is 0 Å². The van der Waals surface area contributed by atoms with E-state index in [1.807, 2.05) is 6.07 Å². The molecule has 5 heteroatoms. The molecule has 0 aromatic heterocycles. The van der Waals surface area contributed by atoms with Crippen LogP contribution in [0.1, 0.15) is 16.8 Å². The smallest absolute Gasteiger partial charge is 0.251 e. The molecular weight excluding hydrogens is 220 g/mol. The molecule has 5 nitrogen and oxygen atoms in total. The number of hydrogen-bond acceptors (Lipinski definition) is 3. The minimum atomic E-state index is -0.626. The summed E-state index contributed by atoms with van der Waals surface area (Å²) in [5, 5.41) is 2.81. The molecule has 1 aliphatic rings. The molecule has 1 aromatic carbocycles. The van der Waals surface area contributed by atoms with E-state index in [0.29, 0.717) is 18.8 Å². The highest BCUT2D eigenvalue weighted by molar-refractivity contribution is 5.95. The Morgan fingerprint density at radius 1 is 1.29 bits per heavy atom. The third-order valence-corrected chi connectivity index (χ3v) is 2.68. The molecule has 1 heterocycles. The molecular formula is C12H14N2O3. The van der Waals surface area contributed by atoms with Gasteiger partial charge in [0.2, 0.25) is 5.91 Å². The van der Waals surface area contributed by atoms with Crippen molar-refractivity contribution in [1.82, 2.24) is 5.32 Å². The number of benzene rings is 1. The number of amides is 2. The lowest BCUT2D eigenvalue weighted by molar-refractivity contribution is -0.127. The van der Waals surface area contributed by atoms with Gasteiger partial charge in [-0.3, -0.25) is 9.59 Å². The molecule has 0 atom stereocenters. The van der Waals surface area contributed by atoms with Gasteiger partial charge in [0.25, 0.3) is 5.91 Å². The summed E-state index contributed by atoms with van der Waals surface area (Å²) in [6.07, 6.45) is 0.103. The molecule has 0 saturated carbocycles. The maximum Gasteiger partial charge on any atom is 0.251 e. The second-order valence-electron chi connectivity index (χ2n) is 4.24. The van der Waals surface area contributed by atoms with Crippen molar-refractivity contribution in [3.05, 3.63) is 35.9 Å². The second-order valence-corrected chi connectivity index (χ2v) is 4.24.